The number of benzene rings is 1. The van der Waals surface area contributed by atoms with Gasteiger partial charge in [-0.1, -0.05) is 6.07 Å². The summed E-state index contributed by atoms with van der Waals surface area (Å²) in [5, 5.41) is 4.88. The highest BCUT2D eigenvalue weighted by molar-refractivity contribution is 7.99. The molecular formula is C14H18N2S. The summed E-state index contributed by atoms with van der Waals surface area (Å²) in [5.74, 6) is 3.57. The fraction of sp³-hybridized carbons (Fsp3) is 0.429. The van der Waals surface area contributed by atoms with Gasteiger partial charge < -0.3 is 10.3 Å². The van der Waals surface area contributed by atoms with Crippen LogP contribution in [0, 0.1) is 5.92 Å². The van der Waals surface area contributed by atoms with E-state index < -0.39 is 0 Å². The van der Waals surface area contributed by atoms with Crippen LogP contribution >= 0.6 is 11.8 Å². The number of fused-ring (bicyclic) bond motifs is 1. The number of rotatable bonds is 4. The van der Waals surface area contributed by atoms with E-state index in [-0.39, 0.29) is 0 Å². The van der Waals surface area contributed by atoms with E-state index in [1.54, 1.807) is 0 Å². The van der Waals surface area contributed by atoms with Crippen LogP contribution < -0.4 is 5.32 Å². The Morgan fingerprint density at radius 1 is 1.35 bits per heavy atom. The predicted molar refractivity (Wildman–Crippen MR) is 75.4 cm³/mol. The summed E-state index contributed by atoms with van der Waals surface area (Å²) >= 11 is 2.09. The van der Waals surface area contributed by atoms with Crippen LogP contribution in [-0.4, -0.2) is 23.0 Å². The van der Waals surface area contributed by atoms with E-state index >= 15 is 0 Å². The molecule has 2 N–H and O–H groups in total. The van der Waals surface area contributed by atoms with Crippen LogP contribution in [0.5, 0.6) is 0 Å². The van der Waals surface area contributed by atoms with Crippen molar-refractivity contribution in [2.75, 3.05) is 18.1 Å². The minimum absolute atomic E-state index is 0.885. The summed E-state index contributed by atoms with van der Waals surface area (Å²) in [5.41, 5.74) is 2.60. The third-order valence-corrected chi connectivity index (χ3v) is 4.64. The fourth-order valence-electron chi connectivity index (χ4n) is 2.38. The standard InChI is InChI=1S/C14H18N2S/c1-2-14-13(3-5-16-14)7-11(1)8-15-9-12-4-6-17-10-12/h1-3,5,7,12,15-16H,4,6,8-10H2. The number of hydrogen-bond donors (Lipinski definition) is 2. The van der Waals surface area contributed by atoms with E-state index in [4.69, 9.17) is 0 Å². The lowest BCUT2D eigenvalue weighted by molar-refractivity contribution is 0.523. The molecule has 1 aromatic heterocycles. The maximum atomic E-state index is 3.58. The lowest BCUT2D eigenvalue weighted by Gasteiger charge is -2.09. The molecule has 0 saturated carbocycles. The Balaban J connectivity index is 1.56. The summed E-state index contributed by atoms with van der Waals surface area (Å²) < 4.78 is 0. The van der Waals surface area contributed by atoms with Gasteiger partial charge in [0.05, 0.1) is 0 Å². The molecule has 0 spiro atoms. The molecule has 0 radical (unpaired) electrons. The maximum Gasteiger partial charge on any atom is 0.0454 e. The Kier molecular flexibility index (Phi) is 3.39. The van der Waals surface area contributed by atoms with Crippen molar-refractivity contribution in [1.29, 1.82) is 0 Å². The van der Waals surface area contributed by atoms with Gasteiger partial charge in [0, 0.05) is 18.3 Å². The molecule has 90 valence electrons. The first kappa shape index (κ1) is 11.2. The molecule has 1 saturated heterocycles. The summed E-state index contributed by atoms with van der Waals surface area (Å²) in [4.78, 5) is 3.22. The molecule has 3 heteroatoms. The van der Waals surface area contributed by atoms with Crippen LogP contribution in [0.2, 0.25) is 0 Å². The Hall–Kier alpha value is -0.930. The van der Waals surface area contributed by atoms with Gasteiger partial charge in [-0.25, -0.2) is 0 Å². The van der Waals surface area contributed by atoms with Gasteiger partial charge in [-0.05, 0) is 59.5 Å². The predicted octanol–water partition coefficient (Wildman–Crippen LogP) is 3.01. The molecule has 1 atom stereocenters. The molecule has 1 aromatic carbocycles. The molecule has 0 aliphatic carbocycles. The number of hydrogen-bond acceptors (Lipinski definition) is 2. The van der Waals surface area contributed by atoms with E-state index in [2.05, 4.69) is 46.3 Å². The van der Waals surface area contributed by atoms with Gasteiger partial charge in [0.1, 0.15) is 0 Å². The second-order valence-electron chi connectivity index (χ2n) is 4.76. The Morgan fingerprint density at radius 3 is 3.24 bits per heavy atom. The van der Waals surface area contributed by atoms with Crippen LogP contribution in [0.1, 0.15) is 12.0 Å². The fourth-order valence-corrected chi connectivity index (χ4v) is 3.66. The van der Waals surface area contributed by atoms with Gasteiger partial charge in [0.15, 0.2) is 0 Å². The molecule has 2 aromatic rings. The van der Waals surface area contributed by atoms with E-state index in [0.717, 1.165) is 19.0 Å². The first-order valence-electron chi connectivity index (χ1n) is 6.26. The molecule has 0 amide bonds. The Labute approximate surface area is 106 Å². The molecule has 1 fully saturated rings. The normalized spacial score (nSPS) is 20.1. The highest BCUT2D eigenvalue weighted by Gasteiger charge is 2.14. The van der Waals surface area contributed by atoms with Crippen molar-refractivity contribution in [1.82, 2.24) is 10.3 Å². The largest absolute Gasteiger partial charge is 0.361 e. The van der Waals surface area contributed by atoms with Crippen LogP contribution in [-0.2, 0) is 6.54 Å². The molecule has 1 aliphatic rings. The van der Waals surface area contributed by atoms with Crippen LogP contribution in [0.3, 0.4) is 0 Å². The summed E-state index contributed by atoms with van der Waals surface area (Å²) in [6.07, 6.45) is 3.38. The lowest BCUT2D eigenvalue weighted by atomic mass is 10.1. The van der Waals surface area contributed by atoms with Crippen molar-refractivity contribution < 1.29 is 0 Å². The third-order valence-electron chi connectivity index (χ3n) is 3.40. The summed E-state index contributed by atoms with van der Waals surface area (Å²) in [7, 11) is 0. The molecule has 1 aliphatic heterocycles. The monoisotopic (exact) mass is 246 g/mol. The third kappa shape index (κ3) is 2.67. The lowest BCUT2D eigenvalue weighted by Crippen LogP contribution is -2.22. The topological polar surface area (TPSA) is 27.8 Å². The Morgan fingerprint density at radius 2 is 2.35 bits per heavy atom. The molecule has 1 unspecified atom stereocenters. The van der Waals surface area contributed by atoms with Crippen LogP contribution in [0.25, 0.3) is 10.9 Å². The number of H-pyrrole nitrogens is 1. The zero-order chi connectivity index (χ0) is 11.5. The van der Waals surface area contributed by atoms with E-state index in [1.807, 2.05) is 6.20 Å². The first-order valence-corrected chi connectivity index (χ1v) is 7.42. The van der Waals surface area contributed by atoms with Crippen molar-refractivity contribution in [2.24, 2.45) is 5.92 Å². The number of aromatic nitrogens is 1. The minimum atomic E-state index is 0.885. The SMILES string of the molecule is c1cc2cc(CNCC3CCSC3)ccc2[nH]1. The molecule has 3 rings (SSSR count). The van der Waals surface area contributed by atoms with Gasteiger partial charge >= 0.3 is 0 Å². The van der Waals surface area contributed by atoms with Crippen molar-refractivity contribution >= 4 is 22.7 Å². The van der Waals surface area contributed by atoms with Gasteiger partial charge in [-0.2, -0.15) is 11.8 Å². The zero-order valence-electron chi connectivity index (χ0n) is 9.91. The van der Waals surface area contributed by atoms with Gasteiger partial charge in [-0.15, -0.1) is 0 Å². The summed E-state index contributed by atoms with van der Waals surface area (Å²) in [6.45, 7) is 2.15. The molecule has 17 heavy (non-hydrogen) atoms. The molecule has 0 bridgehead atoms. The van der Waals surface area contributed by atoms with E-state index in [9.17, 15) is 0 Å². The van der Waals surface area contributed by atoms with Gasteiger partial charge in [-0.3, -0.25) is 0 Å². The average Bonchev–Trinajstić information content (AvgIpc) is 2.98. The smallest absolute Gasteiger partial charge is 0.0454 e. The average molecular weight is 246 g/mol. The summed E-state index contributed by atoms with van der Waals surface area (Å²) in [6, 6.07) is 8.77. The Bertz CT molecular complexity index is 486. The molecule has 2 heterocycles. The van der Waals surface area contributed by atoms with Gasteiger partial charge in [0.25, 0.3) is 0 Å². The van der Waals surface area contributed by atoms with Crippen molar-refractivity contribution in [3.05, 3.63) is 36.0 Å². The van der Waals surface area contributed by atoms with Crippen LogP contribution in [0.4, 0.5) is 0 Å². The van der Waals surface area contributed by atoms with Crippen LogP contribution in [0.15, 0.2) is 30.5 Å². The van der Waals surface area contributed by atoms with Gasteiger partial charge in [0.2, 0.25) is 0 Å². The second-order valence-corrected chi connectivity index (χ2v) is 5.91. The molecular weight excluding hydrogens is 228 g/mol. The maximum absolute atomic E-state index is 3.58. The van der Waals surface area contributed by atoms with Crippen molar-refractivity contribution in [2.45, 2.75) is 13.0 Å². The van der Waals surface area contributed by atoms with E-state index in [1.165, 1.54) is 34.4 Å². The number of aromatic amines is 1. The highest BCUT2D eigenvalue weighted by Crippen LogP contribution is 2.22. The minimum Gasteiger partial charge on any atom is -0.361 e. The zero-order valence-corrected chi connectivity index (χ0v) is 10.7. The molecule has 2 nitrogen and oxygen atoms in total. The quantitative estimate of drug-likeness (QED) is 0.868. The van der Waals surface area contributed by atoms with E-state index in [0.29, 0.717) is 0 Å². The highest BCUT2D eigenvalue weighted by atomic mass is 32.2. The van der Waals surface area contributed by atoms with Crippen molar-refractivity contribution in [3.63, 3.8) is 0 Å². The number of nitrogens with one attached hydrogen (secondary N) is 2. The second kappa shape index (κ2) is 5.15. The first-order chi connectivity index (χ1) is 8.42. The van der Waals surface area contributed by atoms with Crippen molar-refractivity contribution in [3.8, 4) is 0 Å². The number of thioether (sulfide) groups is 1.